The third-order valence-corrected chi connectivity index (χ3v) is 1.84. The van der Waals surface area contributed by atoms with Crippen molar-refractivity contribution in [2.45, 2.75) is 38.4 Å². The summed E-state index contributed by atoms with van der Waals surface area (Å²) in [7, 11) is 0. The van der Waals surface area contributed by atoms with Gasteiger partial charge >= 0.3 is 5.97 Å². The fourth-order valence-electron chi connectivity index (χ4n) is 0.997. The number of carboxylic acid groups (broad SMARTS) is 1. The predicted octanol–water partition coefficient (Wildman–Crippen LogP) is 1.54. The lowest BCUT2D eigenvalue weighted by Crippen LogP contribution is -2.41. The Bertz CT molecular complexity index is 191. The standard InChI is InChI=1S/C10H18O4/c1-3-5-6-8-14-10(13,7-4-2)9(11)12/h4,13H,2-3,5-8H2,1H3,(H,11,12). The molecule has 0 saturated heterocycles. The third-order valence-electron chi connectivity index (χ3n) is 1.84. The largest absolute Gasteiger partial charge is 0.477 e. The highest BCUT2D eigenvalue weighted by molar-refractivity contribution is 5.75. The zero-order valence-corrected chi connectivity index (χ0v) is 8.53. The van der Waals surface area contributed by atoms with Crippen molar-refractivity contribution >= 4 is 5.97 Å². The highest BCUT2D eigenvalue weighted by Gasteiger charge is 2.35. The van der Waals surface area contributed by atoms with E-state index in [4.69, 9.17) is 9.84 Å². The van der Waals surface area contributed by atoms with E-state index >= 15 is 0 Å². The van der Waals surface area contributed by atoms with Gasteiger partial charge in [0.2, 0.25) is 0 Å². The van der Waals surface area contributed by atoms with Crippen LogP contribution in [0.3, 0.4) is 0 Å². The highest BCUT2D eigenvalue weighted by Crippen LogP contribution is 2.14. The van der Waals surface area contributed by atoms with Gasteiger partial charge in [-0.25, -0.2) is 4.79 Å². The highest BCUT2D eigenvalue weighted by atomic mass is 16.6. The molecule has 0 aliphatic rings. The summed E-state index contributed by atoms with van der Waals surface area (Å²) in [6.07, 6.45) is 3.96. The monoisotopic (exact) mass is 202 g/mol. The summed E-state index contributed by atoms with van der Waals surface area (Å²) >= 11 is 0. The van der Waals surface area contributed by atoms with E-state index in [1.807, 2.05) is 6.92 Å². The first-order valence-corrected chi connectivity index (χ1v) is 4.77. The Morgan fingerprint density at radius 3 is 2.64 bits per heavy atom. The number of rotatable bonds is 8. The van der Waals surface area contributed by atoms with Crippen LogP contribution in [0.1, 0.15) is 32.6 Å². The Hall–Kier alpha value is -0.870. The van der Waals surface area contributed by atoms with Gasteiger partial charge in [-0.05, 0) is 6.42 Å². The number of hydrogen-bond donors (Lipinski definition) is 2. The predicted molar refractivity (Wildman–Crippen MR) is 52.9 cm³/mol. The maximum absolute atomic E-state index is 10.7. The van der Waals surface area contributed by atoms with Crippen LogP contribution in [0.4, 0.5) is 0 Å². The lowest BCUT2D eigenvalue weighted by atomic mass is 10.2. The van der Waals surface area contributed by atoms with Crippen LogP contribution in [0.2, 0.25) is 0 Å². The van der Waals surface area contributed by atoms with Gasteiger partial charge in [-0.2, -0.15) is 0 Å². The Morgan fingerprint density at radius 2 is 2.21 bits per heavy atom. The van der Waals surface area contributed by atoms with Crippen molar-refractivity contribution in [3.05, 3.63) is 12.7 Å². The molecule has 2 N–H and O–H groups in total. The molecule has 0 radical (unpaired) electrons. The van der Waals surface area contributed by atoms with E-state index in [1.54, 1.807) is 0 Å². The number of aliphatic hydroxyl groups is 1. The molecule has 1 atom stereocenters. The van der Waals surface area contributed by atoms with Gasteiger partial charge in [0, 0.05) is 6.42 Å². The van der Waals surface area contributed by atoms with Crippen molar-refractivity contribution in [2.75, 3.05) is 6.61 Å². The van der Waals surface area contributed by atoms with Gasteiger partial charge in [0.15, 0.2) is 0 Å². The minimum Gasteiger partial charge on any atom is -0.477 e. The normalized spacial score (nSPS) is 14.7. The number of unbranched alkanes of at least 4 members (excludes halogenated alkanes) is 2. The molecule has 0 spiro atoms. The van der Waals surface area contributed by atoms with Gasteiger partial charge in [0.1, 0.15) is 0 Å². The molecule has 0 amide bonds. The number of hydrogen-bond acceptors (Lipinski definition) is 3. The van der Waals surface area contributed by atoms with Crippen molar-refractivity contribution in [3.63, 3.8) is 0 Å². The van der Waals surface area contributed by atoms with Gasteiger partial charge in [-0.3, -0.25) is 0 Å². The SMILES string of the molecule is C=CCC(O)(OCCCCC)C(=O)O. The molecule has 0 aromatic rings. The first-order chi connectivity index (χ1) is 6.56. The zero-order valence-electron chi connectivity index (χ0n) is 8.53. The number of carboxylic acids is 1. The molecule has 0 bridgehead atoms. The van der Waals surface area contributed by atoms with Crippen molar-refractivity contribution in [2.24, 2.45) is 0 Å². The van der Waals surface area contributed by atoms with Crippen molar-refractivity contribution in [3.8, 4) is 0 Å². The fourth-order valence-corrected chi connectivity index (χ4v) is 0.997. The maximum atomic E-state index is 10.7. The Kier molecular flexibility index (Phi) is 6.16. The van der Waals surface area contributed by atoms with Gasteiger partial charge < -0.3 is 14.9 Å². The minimum absolute atomic E-state index is 0.103. The van der Waals surface area contributed by atoms with Gasteiger partial charge in [0.05, 0.1) is 6.61 Å². The summed E-state index contributed by atoms with van der Waals surface area (Å²) in [5, 5.41) is 18.2. The van der Waals surface area contributed by atoms with E-state index in [0.717, 1.165) is 19.3 Å². The van der Waals surface area contributed by atoms with Gasteiger partial charge in [-0.1, -0.05) is 25.8 Å². The van der Waals surface area contributed by atoms with Crippen LogP contribution >= 0.6 is 0 Å². The van der Waals surface area contributed by atoms with Crippen LogP contribution in [0.15, 0.2) is 12.7 Å². The van der Waals surface area contributed by atoms with Crippen LogP contribution in [0.5, 0.6) is 0 Å². The Balaban J connectivity index is 3.96. The van der Waals surface area contributed by atoms with E-state index in [1.165, 1.54) is 6.08 Å². The van der Waals surface area contributed by atoms with Gasteiger partial charge in [-0.15, -0.1) is 6.58 Å². The van der Waals surface area contributed by atoms with Crippen molar-refractivity contribution < 1.29 is 19.7 Å². The van der Waals surface area contributed by atoms with E-state index < -0.39 is 11.8 Å². The summed E-state index contributed by atoms with van der Waals surface area (Å²) < 4.78 is 4.92. The molecule has 0 saturated carbocycles. The second-order valence-corrected chi connectivity index (χ2v) is 3.14. The molecule has 4 heteroatoms. The van der Waals surface area contributed by atoms with E-state index in [9.17, 15) is 9.90 Å². The molecule has 0 fully saturated rings. The topological polar surface area (TPSA) is 66.8 Å². The fraction of sp³-hybridized carbons (Fsp3) is 0.700. The molecular weight excluding hydrogens is 184 g/mol. The van der Waals surface area contributed by atoms with Crippen LogP contribution in [-0.2, 0) is 9.53 Å². The number of ether oxygens (including phenoxy) is 1. The number of carbonyl (C=O) groups is 1. The molecule has 82 valence electrons. The maximum Gasteiger partial charge on any atom is 0.364 e. The molecule has 0 heterocycles. The summed E-state index contributed by atoms with van der Waals surface area (Å²) in [6.45, 7) is 5.66. The van der Waals surface area contributed by atoms with Gasteiger partial charge in [0.25, 0.3) is 5.79 Å². The van der Waals surface area contributed by atoms with Crippen LogP contribution in [-0.4, -0.2) is 28.6 Å². The summed E-state index contributed by atoms with van der Waals surface area (Å²) in [6, 6.07) is 0. The molecule has 0 aliphatic carbocycles. The lowest BCUT2D eigenvalue weighted by Gasteiger charge is -2.21. The second kappa shape index (κ2) is 6.56. The first-order valence-electron chi connectivity index (χ1n) is 4.77. The van der Waals surface area contributed by atoms with E-state index in [-0.39, 0.29) is 13.0 Å². The van der Waals surface area contributed by atoms with Crippen molar-refractivity contribution in [1.29, 1.82) is 0 Å². The number of aliphatic carboxylic acids is 1. The Labute approximate surface area is 84.2 Å². The summed E-state index contributed by atoms with van der Waals surface area (Å²) in [4.78, 5) is 10.7. The van der Waals surface area contributed by atoms with Crippen LogP contribution < -0.4 is 0 Å². The average molecular weight is 202 g/mol. The second-order valence-electron chi connectivity index (χ2n) is 3.14. The van der Waals surface area contributed by atoms with Crippen LogP contribution in [0.25, 0.3) is 0 Å². The molecule has 0 aliphatic heterocycles. The van der Waals surface area contributed by atoms with Crippen molar-refractivity contribution in [1.82, 2.24) is 0 Å². The first kappa shape index (κ1) is 13.1. The zero-order chi connectivity index (χ0) is 11.0. The summed E-state index contributed by atoms with van der Waals surface area (Å²) in [5.41, 5.74) is 0. The van der Waals surface area contributed by atoms with E-state index in [2.05, 4.69) is 6.58 Å². The quantitative estimate of drug-likeness (QED) is 0.356. The Morgan fingerprint density at radius 1 is 1.57 bits per heavy atom. The third kappa shape index (κ3) is 4.39. The molecule has 0 aromatic carbocycles. The molecular formula is C10H18O4. The van der Waals surface area contributed by atoms with Crippen LogP contribution in [0, 0.1) is 0 Å². The molecule has 4 nitrogen and oxygen atoms in total. The molecule has 0 rings (SSSR count). The summed E-state index contributed by atoms with van der Waals surface area (Å²) in [5.74, 6) is -3.47. The average Bonchev–Trinajstić information content (AvgIpc) is 2.13. The smallest absolute Gasteiger partial charge is 0.364 e. The molecule has 0 aromatic heterocycles. The lowest BCUT2D eigenvalue weighted by molar-refractivity contribution is -0.222. The molecule has 1 unspecified atom stereocenters. The van der Waals surface area contributed by atoms with E-state index in [0.29, 0.717) is 0 Å². The minimum atomic E-state index is -2.10. The molecule has 14 heavy (non-hydrogen) atoms.